The van der Waals surface area contributed by atoms with Crippen molar-refractivity contribution in [3.63, 3.8) is 0 Å². The maximum absolute atomic E-state index is 6.92. The number of benzene rings is 19. The lowest BCUT2D eigenvalue weighted by Crippen LogP contribution is -2.17. The number of para-hydroxylation sites is 6. The van der Waals surface area contributed by atoms with Gasteiger partial charge >= 0.3 is 0 Å². The van der Waals surface area contributed by atoms with Gasteiger partial charge in [-0.1, -0.05) is 289 Å². The van der Waals surface area contributed by atoms with Gasteiger partial charge in [0.1, 0.15) is 22.3 Å². The van der Waals surface area contributed by atoms with Crippen LogP contribution >= 0.6 is 0 Å². The molecule has 0 saturated carbocycles. The maximum Gasteiger partial charge on any atom is 0.143 e. The van der Waals surface area contributed by atoms with Gasteiger partial charge in [0.05, 0.1) is 27.8 Å². The van der Waals surface area contributed by atoms with Crippen LogP contribution in [0.5, 0.6) is 0 Å². The van der Waals surface area contributed by atoms with Crippen molar-refractivity contribution in [1.82, 2.24) is 9.13 Å². The molecule has 4 heterocycles. The van der Waals surface area contributed by atoms with Gasteiger partial charge in [-0.2, -0.15) is 0 Å². The van der Waals surface area contributed by atoms with Crippen molar-refractivity contribution in [2.24, 2.45) is 0 Å². The minimum atomic E-state index is -0.292. The molecule has 6 nitrogen and oxygen atoms in total. The van der Waals surface area contributed by atoms with E-state index in [1.807, 2.05) is 12.1 Å². The smallest absolute Gasteiger partial charge is 0.143 e. The molecule has 6 heteroatoms. The zero-order chi connectivity index (χ0) is 82.2. The van der Waals surface area contributed by atoms with E-state index in [1.165, 1.54) is 110 Å². The molecule has 0 atom stereocenters. The van der Waals surface area contributed by atoms with Crippen LogP contribution in [0.25, 0.3) is 188 Å². The Morgan fingerprint density at radius 1 is 0.210 bits per heavy atom. The molecule has 0 amide bonds. The number of rotatable bonds is 13. The summed E-state index contributed by atoms with van der Waals surface area (Å²) in [6.07, 6.45) is 0. The van der Waals surface area contributed by atoms with Crippen molar-refractivity contribution in [3.05, 3.63) is 435 Å². The van der Waals surface area contributed by atoms with Crippen molar-refractivity contribution >= 4 is 132 Å². The molecular weight excluding hydrogens is 1510 g/mol. The number of anilines is 6. The van der Waals surface area contributed by atoms with Crippen molar-refractivity contribution in [1.29, 1.82) is 0 Å². The highest BCUT2D eigenvalue weighted by Crippen LogP contribution is 2.55. The fourth-order valence-electron chi connectivity index (χ4n) is 20.9. The van der Waals surface area contributed by atoms with E-state index in [0.29, 0.717) is 0 Å². The molecule has 0 saturated heterocycles. The van der Waals surface area contributed by atoms with Crippen LogP contribution in [0.1, 0.15) is 49.9 Å². The summed E-state index contributed by atoms with van der Waals surface area (Å²) >= 11 is 0. The zero-order valence-electron chi connectivity index (χ0n) is 68.9. The fraction of sp³-hybridized carbons (Fsp3) is 0.0508. The van der Waals surface area contributed by atoms with Crippen molar-refractivity contribution in [2.45, 2.75) is 38.5 Å². The van der Waals surface area contributed by atoms with Crippen LogP contribution in [0, 0.1) is 0 Å². The molecule has 0 bridgehead atoms. The summed E-state index contributed by atoms with van der Waals surface area (Å²) in [6.45, 7) is 9.57. The van der Waals surface area contributed by atoms with Crippen LogP contribution in [0.15, 0.2) is 421 Å². The Hall–Kier alpha value is -15.8. The first-order valence-corrected chi connectivity index (χ1v) is 43.0. The summed E-state index contributed by atoms with van der Waals surface area (Å²) < 4.78 is 18.0. The van der Waals surface area contributed by atoms with Crippen molar-refractivity contribution in [3.8, 4) is 89.3 Å². The SMILES string of the molecule is CC1(C)c2cc(N(c3ccc(-c4ccc(-c5cccc(-c6cccc7c6oc6ccc(-c8ccc(N(c9ccc%10c(c9)C(C)(C)c9cc(-n%11c%12ccccc%12c%12ccccc%12%11)ccc9-%10)c9cccc%10ccccc9%10)cc8)cc67)c5)cc4)cc3)c3ccc(-c4ccc5oc6ccccc6c5c4)cc3)ccc2-c2ccc(-n3c4ccccc4c4ccccc43)cc21. The lowest BCUT2D eigenvalue weighted by molar-refractivity contribution is 0.660. The minimum absolute atomic E-state index is 0.277. The van der Waals surface area contributed by atoms with Gasteiger partial charge in [0.25, 0.3) is 0 Å². The highest BCUT2D eigenvalue weighted by Gasteiger charge is 2.39. The molecule has 0 spiro atoms. The standard InChI is InChI=1S/C118H80N4O2/c1-117(2)104-69-86(56-60-92(104)94-62-58-88(71-106(94)117)121-109-32-12-7-25-96(109)97-26-8-13-33-110(97)121)119(84-52-44-76(45-53-84)80-48-64-114-102(67-80)100-29-11-16-37-113(100)123-114)83-50-42-74(43-51-83)73-38-40-75(41-39-73)79-22-17-23-82(66-79)91-30-19-31-101-103-68-81(49-65-115(103)124-116(91)101)77-46-54-85(55-47-77)120(108-36-18-21-78-20-5-6-24-90(78)108)87-57-61-93-95-63-59-89(72-107(95)118(3,4)105(93)70-87)122-111-34-14-9-27-98(111)99-28-10-15-35-112(99)122/h5-72H,1-4H3. The van der Waals surface area contributed by atoms with Gasteiger partial charge in [0.2, 0.25) is 0 Å². The molecule has 584 valence electrons. The van der Waals surface area contributed by atoms with E-state index in [0.717, 1.165) is 134 Å². The summed E-state index contributed by atoms with van der Waals surface area (Å²) in [6, 6.07) is 152. The number of fused-ring (bicyclic) bond motifs is 19. The Bertz CT molecular complexity index is 8240. The Kier molecular flexibility index (Phi) is 15.7. The molecule has 0 aliphatic heterocycles. The topological polar surface area (TPSA) is 42.6 Å². The Morgan fingerprint density at radius 3 is 1.08 bits per heavy atom. The molecule has 23 aromatic rings. The van der Waals surface area contributed by atoms with E-state index < -0.39 is 0 Å². The minimum Gasteiger partial charge on any atom is -0.456 e. The molecule has 4 aromatic heterocycles. The van der Waals surface area contributed by atoms with Crippen LogP contribution < -0.4 is 9.80 Å². The van der Waals surface area contributed by atoms with Crippen LogP contribution in [0.4, 0.5) is 34.1 Å². The molecular formula is C118H80N4O2. The predicted octanol–water partition coefficient (Wildman–Crippen LogP) is 32.7. The molecule has 0 N–H and O–H groups in total. The first-order chi connectivity index (χ1) is 60.9. The predicted molar refractivity (Wildman–Crippen MR) is 519 cm³/mol. The van der Waals surface area contributed by atoms with Gasteiger partial charge in [-0.15, -0.1) is 0 Å². The van der Waals surface area contributed by atoms with Gasteiger partial charge in [-0.05, 0) is 252 Å². The normalized spacial score (nSPS) is 13.1. The van der Waals surface area contributed by atoms with Crippen LogP contribution in [-0.2, 0) is 10.8 Å². The Morgan fingerprint density at radius 2 is 0.556 bits per heavy atom. The summed E-state index contributed by atoms with van der Waals surface area (Å²) in [7, 11) is 0. The molecule has 0 fully saturated rings. The highest BCUT2D eigenvalue weighted by atomic mass is 16.3. The van der Waals surface area contributed by atoms with E-state index in [4.69, 9.17) is 8.83 Å². The summed E-state index contributed by atoms with van der Waals surface area (Å²) in [5.74, 6) is 0. The molecule has 0 unspecified atom stereocenters. The first-order valence-electron chi connectivity index (χ1n) is 43.0. The molecule has 25 rings (SSSR count). The van der Waals surface area contributed by atoms with Crippen LogP contribution in [0.2, 0.25) is 0 Å². The second-order valence-electron chi connectivity index (χ2n) is 34.7. The Labute approximate surface area is 717 Å². The molecule has 2 aliphatic carbocycles. The van der Waals surface area contributed by atoms with E-state index in [1.54, 1.807) is 0 Å². The second-order valence-corrected chi connectivity index (χ2v) is 34.7. The van der Waals surface area contributed by atoms with Crippen LogP contribution in [-0.4, -0.2) is 9.13 Å². The largest absolute Gasteiger partial charge is 0.456 e. The van der Waals surface area contributed by atoms with E-state index in [9.17, 15) is 0 Å². The number of hydrogen-bond donors (Lipinski definition) is 0. The lowest BCUT2D eigenvalue weighted by Gasteiger charge is -2.29. The average molecular weight is 1590 g/mol. The van der Waals surface area contributed by atoms with Gasteiger partial charge in [0, 0.05) is 105 Å². The fourth-order valence-corrected chi connectivity index (χ4v) is 20.9. The summed E-state index contributed by atoms with van der Waals surface area (Å²) in [5.41, 5.74) is 38.4. The van der Waals surface area contributed by atoms with Gasteiger partial charge in [-0.3, -0.25) is 0 Å². The van der Waals surface area contributed by atoms with E-state index >= 15 is 0 Å². The highest BCUT2D eigenvalue weighted by molar-refractivity contribution is 6.13. The number of hydrogen-bond acceptors (Lipinski definition) is 4. The van der Waals surface area contributed by atoms with E-state index in [-0.39, 0.29) is 10.8 Å². The number of nitrogens with zero attached hydrogens (tertiary/aromatic N) is 4. The number of aromatic nitrogens is 2. The zero-order valence-corrected chi connectivity index (χ0v) is 68.9. The summed E-state index contributed by atoms with van der Waals surface area (Å²) in [5, 5.41) is 11.9. The third kappa shape index (κ3) is 11.1. The quantitative estimate of drug-likeness (QED) is 0.115. The van der Waals surface area contributed by atoms with Crippen LogP contribution in [0.3, 0.4) is 0 Å². The van der Waals surface area contributed by atoms with Crippen molar-refractivity contribution < 1.29 is 8.83 Å². The van der Waals surface area contributed by atoms with E-state index in [2.05, 4.69) is 447 Å². The van der Waals surface area contributed by atoms with Crippen molar-refractivity contribution in [2.75, 3.05) is 9.80 Å². The lowest BCUT2D eigenvalue weighted by atomic mass is 9.82. The average Bonchev–Trinajstić information content (AvgIpc) is 1.56. The Balaban J connectivity index is 0.502. The third-order valence-electron chi connectivity index (χ3n) is 27.1. The molecule has 19 aromatic carbocycles. The summed E-state index contributed by atoms with van der Waals surface area (Å²) in [4.78, 5) is 4.87. The van der Waals surface area contributed by atoms with Gasteiger partial charge in [0.15, 0.2) is 0 Å². The first kappa shape index (κ1) is 71.2. The molecule has 0 radical (unpaired) electrons. The van der Waals surface area contributed by atoms with Gasteiger partial charge < -0.3 is 27.8 Å². The monoisotopic (exact) mass is 1580 g/mol. The second kappa shape index (κ2) is 27.4. The maximum atomic E-state index is 6.92. The number of furan rings is 2. The third-order valence-corrected chi connectivity index (χ3v) is 27.1. The molecule has 124 heavy (non-hydrogen) atoms. The van der Waals surface area contributed by atoms with Gasteiger partial charge in [-0.25, -0.2) is 0 Å². The molecule has 2 aliphatic rings.